The van der Waals surface area contributed by atoms with E-state index in [4.69, 9.17) is 20.0 Å². The summed E-state index contributed by atoms with van der Waals surface area (Å²) in [5.41, 5.74) is 10.9. The lowest BCUT2D eigenvalue weighted by atomic mass is 9.78. The summed E-state index contributed by atoms with van der Waals surface area (Å²) >= 11 is 0. The van der Waals surface area contributed by atoms with Gasteiger partial charge in [0.1, 0.15) is 23.0 Å². The van der Waals surface area contributed by atoms with E-state index in [0.717, 1.165) is 78.2 Å². The Bertz CT molecular complexity index is 2880. The third-order valence-corrected chi connectivity index (χ3v) is 14.3. The van der Waals surface area contributed by atoms with Gasteiger partial charge in [-0.25, -0.2) is 0 Å². The molecule has 0 spiro atoms. The first-order valence-electron chi connectivity index (χ1n) is 27.2. The van der Waals surface area contributed by atoms with E-state index in [-0.39, 0.29) is 55.5 Å². The van der Waals surface area contributed by atoms with Crippen molar-refractivity contribution in [3.05, 3.63) is 128 Å². The summed E-state index contributed by atoms with van der Waals surface area (Å²) in [6.45, 7) is 51.1. The van der Waals surface area contributed by atoms with Crippen LogP contribution in [0.4, 0.5) is 0 Å². The fourth-order valence-electron chi connectivity index (χ4n) is 9.06. The zero-order valence-electron chi connectivity index (χ0n) is 51.1. The zero-order valence-corrected chi connectivity index (χ0v) is 51.1. The maximum absolute atomic E-state index is 11.9. The summed E-state index contributed by atoms with van der Waals surface area (Å²) in [6.07, 6.45) is 3.54. The highest BCUT2D eigenvalue weighted by Crippen LogP contribution is 2.43. The quantitative estimate of drug-likeness (QED) is 0.0927. The number of hydrogen-bond acceptors (Lipinski definition) is 8. The fraction of sp³-hybridized carbons (Fsp3) is 0.500. The van der Waals surface area contributed by atoms with Gasteiger partial charge in [-0.05, 0) is 150 Å². The highest BCUT2D eigenvalue weighted by molar-refractivity contribution is 6.02. The molecule has 5 aromatic carbocycles. The van der Waals surface area contributed by atoms with Gasteiger partial charge in [-0.3, -0.25) is 20.0 Å². The number of aliphatic imine (C=N–C) groups is 4. The summed E-state index contributed by atoms with van der Waals surface area (Å²) in [5.74, 6) is 0.908. The SMILES string of the molecule is CC(=NCC(C)(C)N=Cc1cc(-c2cccc(-c3cc(C=NC(C)(C)CN=C(C)c4cc(C(C)(C)C)cc(C(C)(C)C)c4O)c(O)c(C(C)(C)C)c3)c2)cc(C(C)(C)C)c1O)c1cc(C(C)(C)C)cc(C(C)(C)C)c1O. The molecule has 8 heteroatoms. The van der Waals surface area contributed by atoms with Gasteiger partial charge >= 0.3 is 0 Å². The van der Waals surface area contributed by atoms with Gasteiger partial charge in [0.25, 0.3) is 0 Å². The van der Waals surface area contributed by atoms with Gasteiger partial charge in [-0.2, -0.15) is 0 Å². The third-order valence-electron chi connectivity index (χ3n) is 14.3. The van der Waals surface area contributed by atoms with Crippen LogP contribution in [0.3, 0.4) is 0 Å². The molecule has 5 aromatic rings. The van der Waals surface area contributed by atoms with E-state index in [1.54, 1.807) is 12.4 Å². The number of phenolic OH excluding ortho intramolecular Hbond substituents is 4. The Morgan fingerprint density at radius 2 is 0.671 bits per heavy atom. The van der Waals surface area contributed by atoms with Gasteiger partial charge in [-0.1, -0.05) is 155 Å². The van der Waals surface area contributed by atoms with Gasteiger partial charge in [0.15, 0.2) is 0 Å². The monoisotopic (exact) mass is 1030 g/mol. The van der Waals surface area contributed by atoms with Gasteiger partial charge in [-0.15, -0.1) is 0 Å². The standard InChI is InChI=1S/C68H94N4O4/c1-41(51-33-49(61(3,4)5)35-55(59(51)75)65(15,16)17)69-39-67(21,22)71-37-47-29-45(31-53(57(47)73)63(9,10)11)43-26-25-27-44(28-43)46-30-48(58(74)54(32-46)64(12,13)14)38-72-68(23,24)40-70-42(2)52-34-50(62(6,7)8)36-56(60(52)76)66(18,19)20/h25-38,73-76H,39-40H2,1-24H3. The number of rotatable bonds is 12. The molecule has 0 radical (unpaired) electrons. The molecule has 0 amide bonds. The van der Waals surface area contributed by atoms with Crippen LogP contribution in [-0.2, 0) is 32.5 Å². The summed E-state index contributed by atoms with van der Waals surface area (Å²) in [5, 5.41) is 46.8. The van der Waals surface area contributed by atoms with Crippen LogP contribution in [0.15, 0.2) is 92.8 Å². The van der Waals surface area contributed by atoms with Gasteiger partial charge in [0.2, 0.25) is 0 Å². The fourth-order valence-corrected chi connectivity index (χ4v) is 9.06. The molecule has 0 aromatic heterocycles. The molecular weight excluding hydrogens is 937 g/mol. The van der Waals surface area contributed by atoms with E-state index < -0.39 is 11.1 Å². The maximum Gasteiger partial charge on any atom is 0.128 e. The van der Waals surface area contributed by atoms with E-state index in [9.17, 15) is 20.4 Å². The molecule has 8 nitrogen and oxygen atoms in total. The summed E-state index contributed by atoms with van der Waals surface area (Å²) in [7, 11) is 0. The molecule has 0 fully saturated rings. The van der Waals surface area contributed by atoms with Gasteiger partial charge < -0.3 is 20.4 Å². The van der Waals surface area contributed by atoms with Crippen LogP contribution in [0.1, 0.15) is 222 Å². The minimum Gasteiger partial charge on any atom is -0.507 e. The second-order valence-corrected chi connectivity index (χ2v) is 28.8. The predicted molar refractivity (Wildman–Crippen MR) is 327 cm³/mol. The molecule has 0 saturated carbocycles. The second kappa shape index (κ2) is 21.4. The van der Waals surface area contributed by atoms with Crippen molar-refractivity contribution in [1.82, 2.24) is 0 Å². The maximum atomic E-state index is 11.9. The predicted octanol–water partition coefficient (Wildman–Crippen LogP) is 17.0. The molecule has 5 rings (SSSR count). The van der Waals surface area contributed by atoms with Crippen molar-refractivity contribution in [2.75, 3.05) is 13.1 Å². The van der Waals surface area contributed by atoms with Crippen LogP contribution in [-0.4, -0.2) is 68.4 Å². The Kier molecular flexibility index (Phi) is 17.2. The summed E-state index contributed by atoms with van der Waals surface area (Å²) in [4.78, 5) is 20.1. The Balaban J connectivity index is 1.52. The van der Waals surface area contributed by atoms with Crippen molar-refractivity contribution >= 4 is 23.9 Å². The van der Waals surface area contributed by atoms with Crippen LogP contribution in [0.5, 0.6) is 23.0 Å². The largest absolute Gasteiger partial charge is 0.507 e. The normalized spacial score (nSPS) is 14.2. The highest BCUT2D eigenvalue weighted by atomic mass is 16.3. The molecule has 0 atom stereocenters. The minimum atomic E-state index is -0.638. The third kappa shape index (κ3) is 14.7. The number of phenols is 4. The van der Waals surface area contributed by atoms with E-state index in [2.05, 4.69) is 179 Å². The minimum absolute atomic E-state index is 0.114. The molecule has 0 saturated heterocycles. The van der Waals surface area contributed by atoms with Crippen molar-refractivity contribution in [2.24, 2.45) is 20.0 Å². The van der Waals surface area contributed by atoms with E-state index in [1.165, 1.54) is 0 Å². The van der Waals surface area contributed by atoms with Crippen molar-refractivity contribution in [2.45, 2.75) is 210 Å². The molecular formula is C68H94N4O4. The molecule has 76 heavy (non-hydrogen) atoms. The first kappa shape index (κ1) is 60.8. The average Bonchev–Trinajstić information content (AvgIpc) is 3.27. The second-order valence-electron chi connectivity index (χ2n) is 28.8. The Labute approximate surface area is 458 Å². The molecule has 0 aliphatic carbocycles. The van der Waals surface area contributed by atoms with Gasteiger partial charge in [0.05, 0.1) is 24.2 Å². The molecule has 0 aliphatic heterocycles. The van der Waals surface area contributed by atoms with Crippen LogP contribution in [0.2, 0.25) is 0 Å². The van der Waals surface area contributed by atoms with Crippen molar-refractivity contribution in [3.63, 3.8) is 0 Å². The zero-order chi connectivity index (χ0) is 57.7. The van der Waals surface area contributed by atoms with E-state index in [0.29, 0.717) is 24.2 Å². The van der Waals surface area contributed by atoms with Crippen molar-refractivity contribution in [1.29, 1.82) is 0 Å². The molecule has 0 aliphatic rings. The molecule has 0 unspecified atom stereocenters. The van der Waals surface area contributed by atoms with Crippen LogP contribution in [0.25, 0.3) is 22.3 Å². The van der Waals surface area contributed by atoms with E-state index >= 15 is 0 Å². The molecule has 0 bridgehead atoms. The molecule has 4 N–H and O–H groups in total. The highest BCUT2D eigenvalue weighted by Gasteiger charge is 2.30. The van der Waals surface area contributed by atoms with Crippen LogP contribution < -0.4 is 0 Å². The summed E-state index contributed by atoms with van der Waals surface area (Å²) in [6, 6.07) is 24.9. The van der Waals surface area contributed by atoms with Crippen LogP contribution in [0, 0.1) is 0 Å². The van der Waals surface area contributed by atoms with E-state index in [1.807, 2.05) is 59.7 Å². The number of benzene rings is 5. The first-order chi connectivity index (χ1) is 34.4. The molecule has 0 heterocycles. The Morgan fingerprint density at radius 1 is 0.368 bits per heavy atom. The van der Waals surface area contributed by atoms with Crippen molar-refractivity contribution < 1.29 is 20.4 Å². The Morgan fingerprint density at radius 3 is 0.961 bits per heavy atom. The Hall–Kier alpha value is -6.02. The average molecular weight is 1030 g/mol. The molecule has 410 valence electrons. The number of nitrogens with zero attached hydrogens (tertiary/aromatic N) is 4. The lowest BCUT2D eigenvalue weighted by Crippen LogP contribution is -2.23. The smallest absolute Gasteiger partial charge is 0.128 e. The first-order valence-corrected chi connectivity index (χ1v) is 27.2. The summed E-state index contributed by atoms with van der Waals surface area (Å²) < 4.78 is 0. The number of aromatic hydroxyl groups is 4. The lowest BCUT2D eigenvalue weighted by molar-refractivity contribution is 0.442. The lowest BCUT2D eigenvalue weighted by Gasteiger charge is -2.27. The topological polar surface area (TPSA) is 130 Å². The van der Waals surface area contributed by atoms with Crippen LogP contribution >= 0.6 is 0 Å². The number of hydrogen-bond donors (Lipinski definition) is 4. The van der Waals surface area contributed by atoms with Crippen molar-refractivity contribution in [3.8, 4) is 45.3 Å². The van der Waals surface area contributed by atoms with Gasteiger partial charge in [0, 0.05) is 68.4 Å².